The van der Waals surface area contributed by atoms with E-state index in [1.807, 2.05) is 24.3 Å². The van der Waals surface area contributed by atoms with E-state index in [9.17, 15) is 9.59 Å². The molecule has 142 valence electrons. The summed E-state index contributed by atoms with van der Waals surface area (Å²) in [7, 11) is 0. The molecule has 7 nitrogen and oxygen atoms in total. The lowest BCUT2D eigenvalue weighted by atomic mass is 10.1. The average molecular weight is 389 g/mol. The van der Waals surface area contributed by atoms with Gasteiger partial charge in [-0.15, -0.1) is 11.3 Å². The van der Waals surface area contributed by atoms with Crippen molar-refractivity contribution in [2.75, 3.05) is 33.0 Å². The van der Waals surface area contributed by atoms with Crippen LogP contribution in [0.4, 0.5) is 0 Å². The Hall–Kier alpha value is -2.58. The van der Waals surface area contributed by atoms with Gasteiger partial charge >= 0.3 is 5.97 Å². The number of carboxylic acids is 1. The van der Waals surface area contributed by atoms with Crippen LogP contribution in [0.25, 0.3) is 10.4 Å². The lowest BCUT2D eigenvalue weighted by Crippen LogP contribution is -2.49. The maximum absolute atomic E-state index is 12.9. The minimum absolute atomic E-state index is 0.119. The van der Waals surface area contributed by atoms with Crippen molar-refractivity contribution in [1.82, 2.24) is 4.90 Å². The highest BCUT2D eigenvalue weighted by atomic mass is 32.1. The maximum atomic E-state index is 12.9. The van der Waals surface area contributed by atoms with E-state index in [1.165, 1.54) is 11.3 Å². The fourth-order valence-electron chi connectivity index (χ4n) is 3.24. The van der Waals surface area contributed by atoms with Crippen molar-refractivity contribution >= 4 is 23.2 Å². The number of carbonyl (C=O) groups is 2. The first-order chi connectivity index (χ1) is 13.1. The van der Waals surface area contributed by atoms with Crippen molar-refractivity contribution in [1.29, 1.82) is 0 Å². The first-order valence-corrected chi connectivity index (χ1v) is 9.54. The number of thiophene rings is 1. The van der Waals surface area contributed by atoms with Gasteiger partial charge in [0.25, 0.3) is 5.91 Å². The molecular formula is C19H19NO6S. The molecule has 1 N–H and O–H groups in total. The Morgan fingerprint density at radius 1 is 1.11 bits per heavy atom. The Morgan fingerprint density at radius 3 is 2.74 bits per heavy atom. The third-order valence-corrected chi connectivity index (χ3v) is 5.66. The predicted octanol–water partition coefficient (Wildman–Crippen LogP) is 2.50. The van der Waals surface area contributed by atoms with Crippen molar-refractivity contribution < 1.29 is 28.9 Å². The number of ether oxygens (including phenoxy) is 3. The topological polar surface area (TPSA) is 85.3 Å². The van der Waals surface area contributed by atoms with Gasteiger partial charge in [-0.1, -0.05) is 0 Å². The van der Waals surface area contributed by atoms with Gasteiger partial charge in [0.15, 0.2) is 11.5 Å². The molecule has 8 heteroatoms. The lowest BCUT2D eigenvalue weighted by molar-refractivity contribution is -0.139. The second-order valence-electron chi connectivity index (χ2n) is 6.35. The fraction of sp³-hybridized carbons (Fsp3) is 0.368. The van der Waals surface area contributed by atoms with Crippen molar-refractivity contribution in [3.63, 3.8) is 0 Å². The van der Waals surface area contributed by atoms with Crippen LogP contribution in [-0.2, 0) is 9.53 Å². The Kier molecular flexibility index (Phi) is 5.00. The molecule has 0 aliphatic carbocycles. The number of carbonyl (C=O) groups excluding carboxylic acids is 1. The van der Waals surface area contributed by atoms with Gasteiger partial charge in [-0.2, -0.15) is 0 Å². The third kappa shape index (κ3) is 3.77. The summed E-state index contributed by atoms with van der Waals surface area (Å²) in [6, 6.07) is 8.97. The van der Waals surface area contributed by atoms with Gasteiger partial charge in [0, 0.05) is 11.4 Å². The van der Waals surface area contributed by atoms with E-state index in [4.69, 9.17) is 19.3 Å². The minimum atomic E-state index is -0.938. The van der Waals surface area contributed by atoms with Crippen molar-refractivity contribution in [2.45, 2.75) is 12.5 Å². The minimum Gasteiger partial charge on any atom is -0.486 e. The zero-order valence-electron chi connectivity index (χ0n) is 14.6. The Morgan fingerprint density at radius 2 is 1.93 bits per heavy atom. The molecule has 1 fully saturated rings. The fourth-order valence-corrected chi connectivity index (χ4v) is 4.20. The predicted molar refractivity (Wildman–Crippen MR) is 98.6 cm³/mol. The summed E-state index contributed by atoms with van der Waals surface area (Å²) in [5.74, 6) is 0.335. The molecular weight excluding hydrogens is 370 g/mol. The quantitative estimate of drug-likeness (QED) is 0.865. The SMILES string of the molecule is O=C(O)CC1COCCN1C(=O)c1ccc(-c2ccc3c(c2)OCCO3)s1. The van der Waals surface area contributed by atoms with Crippen LogP contribution in [-0.4, -0.2) is 60.9 Å². The molecule has 2 aromatic rings. The molecule has 0 spiro atoms. The number of benzene rings is 1. The monoisotopic (exact) mass is 389 g/mol. The van der Waals surface area contributed by atoms with Crippen LogP contribution < -0.4 is 9.47 Å². The number of hydrogen-bond acceptors (Lipinski definition) is 6. The zero-order valence-corrected chi connectivity index (χ0v) is 15.4. The third-order valence-electron chi connectivity index (χ3n) is 4.54. The lowest BCUT2D eigenvalue weighted by Gasteiger charge is -2.34. The second-order valence-corrected chi connectivity index (χ2v) is 7.43. The van der Waals surface area contributed by atoms with Gasteiger partial charge in [0.1, 0.15) is 13.2 Å². The standard InChI is InChI=1S/C19H19NO6S/c21-18(22)10-13-11-24-6-5-20(13)19(23)17-4-3-16(27-17)12-1-2-14-15(9-12)26-8-7-25-14/h1-4,9,13H,5-8,10-11H2,(H,21,22). The summed E-state index contributed by atoms with van der Waals surface area (Å²) < 4.78 is 16.5. The summed E-state index contributed by atoms with van der Waals surface area (Å²) >= 11 is 1.38. The number of carboxylic acid groups (broad SMARTS) is 1. The normalized spacial score (nSPS) is 19.0. The summed E-state index contributed by atoms with van der Waals surface area (Å²) in [6.07, 6.45) is -0.119. The zero-order chi connectivity index (χ0) is 18.8. The van der Waals surface area contributed by atoms with Crippen LogP contribution in [0.15, 0.2) is 30.3 Å². The summed E-state index contributed by atoms with van der Waals surface area (Å²) in [5, 5.41) is 9.07. The molecule has 2 aliphatic heterocycles. The number of fused-ring (bicyclic) bond motifs is 1. The molecule has 1 amide bonds. The summed E-state index contributed by atoms with van der Waals surface area (Å²) in [5.41, 5.74) is 0.951. The molecule has 1 unspecified atom stereocenters. The van der Waals surface area contributed by atoms with Crippen LogP contribution >= 0.6 is 11.3 Å². The average Bonchev–Trinajstić information content (AvgIpc) is 3.17. The molecule has 2 aliphatic rings. The highest BCUT2D eigenvalue weighted by Gasteiger charge is 2.30. The second kappa shape index (κ2) is 7.58. The molecule has 0 radical (unpaired) electrons. The molecule has 4 rings (SSSR count). The van der Waals surface area contributed by atoms with Gasteiger partial charge < -0.3 is 24.2 Å². The van der Waals surface area contributed by atoms with Crippen LogP contribution in [0.2, 0.25) is 0 Å². The molecule has 1 aromatic heterocycles. The van der Waals surface area contributed by atoms with Crippen LogP contribution in [0.1, 0.15) is 16.1 Å². The van der Waals surface area contributed by atoms with E-state index in [0.717, 1.165) is 16.2 Å². The largest absolute Gasteiger partial charge is 0.486 e. The van der Waals surface area contributed by atoms with Crippen LogP contribution in [0.3, 0.4) is 0 Å². The molecule has 1 atom stereocenters. The van der Waals surface area contributed by atoms with E-state index in [-0.39, 0.29) is 18.9 Å². The smallest absolute Gasteiger partial charge is 0.305 e. The first kappa shape index (κ1) is 17.8. The highest BCUT2D eigenvalue weighted by Crippen LogP contribution is 2.37. The number of hydrogen-bond donors (Lipinski definition) is 1. The van der Waals surface area contributed by atoms with E-state index in [1.54, 1.807) is 11.0 Å². The summed E-state index contributed by atoms with van der Waals surface area (Å²) in [4.78, 5) is 27.1. The molecule has 0 bridgehead atoms. The molecule has 0 saturated carbocycles. The van der Waals surface area contributed by atoms with Gasteiger partial charge in [0.2, 0.25) is 0 Å². The van der Waals surface area contributed by atoms with Crippen molar-refractivity contribution in [2.24, 2.45) is 0 Å². The number of rotatable bonds is 4. The Labute approximate surface area is 160 Å². The Balaban J connectivity index is 1.54. The van der Waals surface area contributed by atoms with E-state index in [0.29, 0.717) is 37.0 Å². The van der Waals surface area contributed by atoms with E-state index in [2.05, 4.69) is 0 Å². The van der Waals surface area contributed by atoms with Crippen molar-refractivity contribution in [3.8, 4) is 21.9 Å². The maximum Gasteiger partial charge on any atom is 0.305 e. The van der Waals surface area contributed by atoms with Gasteiger partial charge in [-0.3, -0.25) is 9.59 Å². The summed E-state index contributed by atoms with van der Waals surface area (Å²) in [6.45, 7) is 2.13. The first-order valence-electron chi connectivity index (χ1n) is 8.72. The van der Waals surface area contributed by atoms with Crippen LogP contribution in [0, 0.1) is 0 Å². The van der Waals surface area contributed by atoms with Crippen molar-refractivity contribution in [3.05, 3.63) is 35.2 Å². The highest BCUT2D eigenvalue weighted by molar-refractivity contribution is 7.17. The molecule has 27 heavy (non-hydrogen) atoms. The van der Waals surface area contributed by atoms with Gasteiger partial charge in [-0.05, 0) is 35.9 Å². The van der Waals surface area contributed by atoms with E-state index < -0.39 is 12.0 Å². The van der Waals surface area contributed by atoms with E-state index >= 15 is 0 Å². The van der Waals surface area contributed by atoms with Gasteiger partial charge in [-0.25, -0.2) is 0 Å². The number of nitrogens with zero attached hydrogens (tertiary/aromatic N) is 1. The number of morpholine rings is 1. The van der Waals surface area contributed by atoms with Gasteiger partial charge in [0.05, 0.1) is 30.6 Å². The molecule has 1 saturated heterocycles. The number of amides is 1. The Bertz CT molecular complexity index is 864. The number of aliphatic carboxylic acids is 1. The van der Waals surface area contributed by atoms with Crippen LogP contribution in [0.5, 0.6) is 11.5 Å². The molecule has 3 heterocycles. The molecule has 1 aromatic carbocycles.